The van der Waals surface area contributed by atoms with E-state index in [2.05, 4.69) is 5.32 Å². The smallest absolute Gasteiger partial charge is 0.269 e. The molecule has 3 amide bonds. The van der Waals surface area contributed by atoms with Gasteiger partial charge in [-0.25, -0.2) is 4.39 Å². The van der Waals surface area contributed by atoms with Crippen molar-refractivity contribution < 1.29 is 18.8 Å². The number of aryl methyl sites for hydroxylation is 2. The van der Waals surface area contributed by atoms with Crippen LogP contribution in [-0.2, 0) is 19.3 Å². The Morgan fingerprint density at radius 1 is 1.06 bits per heavy atom. The van der Waals surface area contributed by atoms with Crippen molar-refractivity contribution in [3.05, 3.63) is 89.2 Å². The lowest BCUT2D eigenvalue weighted by molar-refractivity contribution is -0.124. The summed E-state index contributed by atoms with van der Waals surface area (Å²) in [4.78, 5) is 41.3. The van der Waals surface area contributed by atoms with Crippen LogP contribution in [0.2, 0.25) is 0 Å². The summed E-state index contributed by atoms with van der Waals surface area (Å²) in [6.07, 6.45) is 0. The lowest BCUT2D eigenvalue weighted by atomic mass is 10.0. The quantitative estimate of drug-likeness (QED) is 0.609. The van der Waals surface area contributed by atoms with Gasteiger partial charge in [0.25, 0.3) is 5.91 Å². The van der Waals surface area contributed by atoms with Gasteiger partial charge in [0.2, 0.25) is 16.7 Å². The van der Waals surface area contributed by atoms with Crippen LogP contribution in [0.3, 0.4) is 0 Å². The van der Waals surface area contributed by atoms with Crippen molar-refractivity contribution in [1.82, 2.24) is 0 Å². The molecule has 34 heavy (non-hydrogen) atoms. The Labute approximate surface area is 200 Å². The number of anilines is 3. The van der Waals surface area contributed by atoms with Gasteiger partial charge in [0.05, 0.1) is 11.4 Å². The minimum absolute atomic E-state index is 0.0686. The zero-order chi connectivity index (χ0) is 24.0. The van der Waals surface area contributed by atoms with Gasteiger partial charge in [0.15, 0.2) is 0 Å². The molecule has 1 fully saturated rings. The van der Waals surface area contributed by atoms with Gasteiger partial charge < -0.3 is 5.32 Å². The molecule has 0 bridgehead atoms. The van der Waals surface area contributed by atoms with E-state index >= 15 is 0 Å². The van der Waals surface area contributed by atoms with Crippen LogP contribution in [-0.4, -0.2) is 30.0 Å². The van der Waals surface area contributed by atoms with E-state index in [4.69, 9.17) is 0 Å². The van der Waals surface area contributed by atoms with E-state index in [1.807, 2.05) is 32.0 Å². The highest BCUT2D eigenvalue weighted by Gasteiger charge is 2.61. The van der Waals surface area contributed by atoms with E-state index in [1.165, 1.54) is 39.8 Å². The lowest BCUT2D eigenvalue weighted by Gasteiger charge is -2.33. The van der Waals surface area contributed by atoms with Crippen molar-refractivity contribution in [2.75, 3.05) is 27.4 Å². The van der Waals surface area contributed by atoms with Crippen LogP contribution < -0.4 is 15.1 Å². The number of thioether (sulfide) groups is 1. The zero-order valence-electron chi connectivity index (χ0n) is 18.7. The van der Waals surface area contributed by atoms with Crippen molar-refractivity contribution >= 4 is 46.5 Å². The summed E-state index contributed by atoms with van der Waals surface area (Å²) in [5.41, 5.74) is 4.16. The van der Waals surface area contributed by atoms with E-state index in [-0.39, 0.29) is 24.1 Å². The average Bonchev–Trinajstić information content (AvgIpc) is 3.27. The van der Waals surface area contributed by atoms with Crippen molar-refractivity contribution in [3.8, 4) is 0 Å². The second-order valence-electron chi connectivity index (χ2n) is 8.42. The van der Waals surface area contributed by atoms with E-state index in [1.54, 1.807) is 30.3 Å². The van der Waals surface area contributed by atoms with Gasteiger partial charge in [-0.2, -0.15) is 0 Å². The third-order valence-electron chi connectivity index (χ3n) is 6.09. The van der Waals surface area contributed by atoms with Gasteiger partial charge in [-0.3, -0.25) is 24.2 Å². The van der Waals surface area contributed by atoms with Gasteiger partial charge in [-0.15, -0.1) is 11.8 Å². The van der Waals surface area contributed by atoms with E-state index in [9.17, 15) is 18.8 Å². The largest absolute Gasteiger partial charge is 0.324 e. The second kappa shape index (κ2) is 8.29. The molecule has 2 heterocycles. The minimum atomic E-state index is -1.39. The number of para-hydroxylation sites is 1. The van der Waals surface area contributed by atoms with Crippen molar-refractivity contribution in [1.29, 1.82) is 0 Å². The molecule has 1 N–H and O–H groups in total. The molecule has 2 aliphatic heterocycles. The molecule has 1 atom stereocenters. The van der Waals surface area contributed by atoms with Gasteiger partial charge >= 0.3 is 0 Å². The maximum Gasteiger partial charge on any atom is 0.269 e. The number of hydrogen-bond acceptors (Lipinski definition) is 4. The van der Waals surface area contributed by atoms with Gasteiger partial charge in [0.1, 0.15) is 12.4 Å². The third kappa shape index (κ3) is 3.45. The molecule has 3 aromatic rings. The number of amides is 3. The molecule has 5 rings (SSSR count). The maximum atomic E-state index is 14.0. The fraction of sp³-hybridized carbons (Fsp3) is 0.192. The topological polar surface area (TPSA) is 69.7 Å². The SMILES string of the molecule is Cc1ccc(NC(=O)CN2C(=O)[C@]3(SCC(=O)N3c3cccc(F)c3)c3ccccc32)c(C)c1. The van der Waals surface area contributed by atoms with Crippen LogP contribution >= 0.6 is 11.8 Å². The summed E-state index contributed by atoms with van der Waals surface area (Å²) in [6, 6.07) is 18.5. The van der Waals surface area contributed by atoms with E-state index in [0.717, 1.165) is 11.1 Å². The predicted octanol–water partition coefficient (Wildman–Crippen LogP) is 4.36. The van der Waals surface area contributed by atoms with Crippen LogP contribution in [0, 0.1) is 19.7 Å². The normalized spacial score (nSPS) is 19.1. The Morgan fingerprint density at radius 2 is 1.85 bits per heavy atom. The van der Waals surface area contributed by atoms with Crippen LogP contribution in [0.15, 0.2) is 66.7 Å². The zero-order valence-corrected chi connectivity index (χ0v) is 19.5. The number of rotatable bonds is 4. The van der Waals surface area contributed by atoms with Crippen LogP contribution in [0.5, 0.6) is 0 Å². The summed E-state index contributed by atoms with van der Waals surface area (Å²) in [5, 5.41) is 2.88. The molecule has 3 aromatic carbocycles. The van der Waals surface area contributed by atoms with Crippen molar-refractivity contribution in [3.63, 3.8) is 0 Å². The molecule has 0 aliphatic carbocycles. The molecule has 1 saturated heterocycles. The highest BCUT2D eigenvalue weighted by molar-refractivity contribution is 8.02. The molecule has 1 spiro atoms. The standard InChI is InChI=1S/C26H22FN3O3S/c1-16-10-11-21(17(2)12-16)28-23(31)14-29-22-9-4-3-8-20(22)26(25(29)33)30(24(32)15-34-26)19-7-5-6-18(27)13-19/h3-13H,14-15H2,1-2H3,(H,28,31)/t26-/m1/s1. The monoisotopic (exact) mass is 475 g/mol. The molecule has 0 unspecified atom stereocenters. The first-order valence-corrected chi connectivity index (χ1v) is 11.8. The molecule has 172 valence electrons. The van der Waals surface area contributed by atoms with E-state index in [0.29, 0.717) is 22.6 Å². The Hall–Kier alpha value is -3.65. The number of carbonyl (C=O) groups is 3. The van der Waals surface area contributed by atoms with Gasteiger partial charge in [0, 0.05) is 16.9 Å². The second-order valence-corrected chi connectivity index (χ2v) is 9.58. The first-order valence-electron chi connectivity index (χ1n) is 10.8. The highest BCUT2D eigenvalue weighted by Crippen LogP contribution is 2.55. The molecule has 0 aromatic heterocycles. The minimum Gasteiger partial charge on any atom is -0.324 e. The molecule has 0 saturated carbocycles. The van der Waals surface area contributed by atoms with Gasteiger partial charge in [-0.05, 0) is 49.7 Å². The first kappa shape index (κ1) is 22.2. The molecule has 6 nitrogen and oxygen atoms in total. The number of carbonyl (C=O) groups excluding carboxylic acids is 3. The number of halogens is 1. The molecule has 0 radical (unpaired) electrons. The first-order chi connectivity index (χ1) is 16.3. The Kier molecular flexibility index (Phi) is 5.40. The summed E-state index contributed by atoms with van der Waals surface area (Å²) < 4.78 is 14.0. The molecule has 8 heteroatoms. The third-order valence-corrected chi connectivity index (χ3v) is 7.47. The number of fused-ring (bicyclic) bond motifs is 2. The average molecular weight is 476 g/mol. The molecular weight excluding hydrogens is 453 g/mol. The highest BCUT2D eigenvalue weighted by atomic mass is 32.2. The summed E-state index contributed by atoms with van der Waals surface area (Å²) >= 11 is 1.19. The summed E-state index contributed by atoms with van der Waals surface area (Å²) in [7, 11) is 0. The van der Waals surface area contributed by atoms with Crippen LogP contribution in [0.1, 0.15) is 16.7 Å². The van der Waals surface area contributed by atoms with Crippen molar-refractivity contribution in [2.24, 2.45) is 0 Å². The van der Waals surface area contributed by atoms with Crippen LogP contribution in [0.25, 0.3) is 0 Å². The van der Waals surface area contributed by atoms with Gasteiger partial charge in [-0.1, -0.05) is 42.0 Å². The predicted molar refractivity (Wildman–Crippen MR) is 131 cm³/mol. The lowest BCUT2D eigenvalue weighted by Crippen LogP contribution is -2.50. The maximum absolute atomic E-state index is 14.0. The summed E-state index contributed by atoms with van der Waals surface area (Å²) in [6.45, 7) is 3.67. The number of nitrogens with one attached hydrogen (secondary N) is 1. The molecule has 2 aliphatic rings. The number of benzene rings is 3. The van der Waals surface area contributed by atoms with E-state index < -0.39 is 16.6 Å². The fourth-order valence-corrected chi connectivity index (χ4v) is 5.97. The fourth-order valence-electron chi connectivity index (χ4n) is 4.61. The number of hydrogen-bond donors (Lipinski definition) is 1. The Balaban J connectivity index is 1.51. The summed E-state index contributed by atoms with van der Waals surface area (Å²) in [5.74, 6) is -1.47. The Morgan fingerprint density at radius 3 is 2.62 bits per heavy atom. The van der Waals surface area contributed by atoms with Crippen LogP contribution in [0.4, 0.5) is 21.5 Å². The van der Waals surface area contributed by atoms with Crippen molar-refractivity contribution in [2.45, 2.75) is 18.7 Å². The molecular formula is C26H22FN3O3S. The Bertz CT molecular complexity index is 1340. The number of nitrogens with zero attached hydrogens (tertiary/aromatic N) is 2.